The molecule has 24 heavy (non-hydrogen) atoms. The molecule has 4 rings (SSSR count). The Balaban J connectivity index is 1.35. The van der Waals surface area contributed by atoms with Crippen molar-refractivity contribution in [2.75, 3.05) is 19.6 Å². The Morgan fingerprint density at radius 2 is 2.08 bits per heavy atom. The zero-order valence-electron chi connectivity index (χ0n) is 14.0. The highest BCUT2D eigenvalue weighted by molar-refractivity contribution is 5.94. The van der Waals surface area contributed by atoms with Gasteiger partial charge in [-0.25, -0.2) is 0 Å². The Hall–Kier alpha value is -1.88. The molecule has 1 aromatic carbocycles. The van der Waals surface area contributed by atoms with Crippen molar-refractivity contribution in [3.8, 4) is 0 Å². The fraction of sp³-hybridized carbons (Fsp3) is 0.579. The quantitative estimate of drug-likeness (QED) is 0.857. The Morgan fingerprint density at radius 3 is 2.83 bits per heavy atom. The zero-order chi connectivity index (χ0) is 16.6. The average Bonchev–Trinajstić information content (AvgIpc) is 3.26. The maximum Gasteiger partial charge on any atom is 0.242 e. The Labute approximate surface area is 142 Å². The van der Waals surface area contributed by atoms with Crippen LogP contribution in [0.2, 0.25) is 0 Å². The van der Waals surface area contributed by atoms with Crippen LogP contribution in [0.3, 0.4) is 0 Å². The zero-order valence-corrected chi connectivity index (χ0v) is 14.0. The van der Waals surface area contributed by atoms with Crippen molar-refractivity contribution in [2.45, 2.75) is 38.3 Å². The smallest absolute Gasteiger partial charge is 0.242 e. The minimum Gasteiger partial charge on any atom is -0.354 e. The lowest BCUT2D eigenvalue weighted by atomic mass is 9.84. The van der Waals surface area contributed by atoms with E-state index in [1.807, 2.05) is 18.2 Å². The molecule has 5 nitrogen and oxygen atoms in total. The summed E-state index contributed by atoms with van der Waals surface area (Å²) < 4.78 is 0. The number of amides is 2. The molecule has 3 fully saturated rings. The highest BCUT2D eigenvalue weighted by atomic mass is 16.2. The summed E-state index contributed by atoms with van der Waals surface area (Å²) in [5.74, 6) is 0.714. The number of hydrogen-bond donors (Lipinski definition) is 2. The first-order chi connectivity index (χ1) is 11.6. The minimum atomic E-state index is -0.379. The van der Waals surface area contributed by atoms with Crippen molar-refractivity contribution < 1.29 is 9.59 Å². The van der Waals surface area contributed by atoms with E-state index in [2.05, 4.69) is 27.7 Å². The fourth-order valence-corrected chi connectivity index (χ4v) is 3.98. The van der Waals surface area contributed by atoms with E-state index in [9.17, 15) is 9.59 Å². The monoisotopic (exact) mass is 327 g/mol. The number of likely N-dealkylation sites (tertiary alicyclic amines) is 1. The highest BCUT2D eigenvalue weighted by Crippen LogP contribution is 2.40. The SMILES string of the molecule is O=C(NCC1CC1)[C@@H]1C[C@@]2(CCN(Cc3ccccc3)C2)C(=O)N1. The third kappa shape index (κ3) is 3.18. The lowest BCUT2D eigenvalue weighted by Crippen LogP contribution is -2.42. The first kappa shape index (κ1) is 15.6. The molecule has 128 valence electrons. The molecular weight excluding hydrogens is 302 g/mol. The molecular formula is C19H25N3O2. The number of nitrogens with zero attached hydrogens (tertiary/aromatic N) is 1. The molecule has 2 heterocycles. The number of carbonyl (C=O) groups excluding carboxylic acids is 2. The van der Waals surface area contributed by atoms with E-state index in [0.29, 0.717) is 12.3 Å². The van der Waals surface area contributed by atoms with E-state index in [0.717, 1.165) is 32.6 Å². The maximum absolute atomic E-state index is 12.5. The van der Waals surface area contributed by atoms with E-state index < -0.39 is 0 Å². The van der Waals surface area contributed by atoms with Gasteiger partial charge >= 0.3 is 0 Å². The van der Waals surface area contributed by atoms with Crippen molar-refractivity contribution in [3.05, 3.63) is 35.9 Å². The first-order valence-corrected chi connectivity index (χ1v) is 9.00. The van der Waals surface area contributed by atoms with E-state index >= 15 is 0 Å². The van der Waals surface area contributed by atoms with E-state index in [4.69, 9.17) is 0 Å². The molecule has 0 bridgehead atoms. The van der Waals surface area contributed by atoms with Gasteiger partial charge < -0.3 is 10.6 Å². The molecule has 1 aromatic rings. The molecule has 2 aliphatic heterocycles. The summed E-state index contributed by atoms with van der Waals surface area (Å²) in [5, 5.41) is 5.93. The van der Waals surface area contributed by atoms with Gasteiger partial charge in [-0.1, -0.05) is 30.3 Å². The predicted molar refractivity (Wildman–Crippen MR) is 91.1 cm³/mol. The molecule has 2 N–H and O–H groups in total. The molecule has 2 amide bonds. The molecule has 0 radical (unpaired) electrons. The van der Waals surface area contributed by atoms with Crippen molar-refractivity contribution in [3.63, 3.8) is 0 Å². The third-order valence-corrected chi connectivity index (χ3v) is 5.64. The second kappa shape index (κ2) is 6.20. The normalized spacial score (nSPS) is 29.8. The van der Waals surface area contributed by atoms with Gasteiger partial charge in [0.1, 0.15) is 6.04 Å². The van der Waals surface area contributed by atoms with Crippen LogP contribution >= 0.6 is 0 Å². The number of carbonyl (C=O) groups is 2. The van der Waals surface area contributed by atoms with Gasteiger partial charge in [-0.15, -0.1) is 0 Å². The summed E-state index contributed by atoms with van der Waals surface area (Å²) in [4.78, 5) is 27.2. The van der Waals surface area contributed by atoms with E-state index in [1.54, 1.807) is 0 Å². The molecule has 0 unspecified atom stereocenters. The van der Waals surface area contributed by atoms with Crippen LogP contribution in [-0.2, 0) is 16.1 Å². The van der Waals surface area contributed by atoms with Gasteiger partial charge in [0.15, 0.2) is 0 Å². The lowest BCUT2D eigenvalue weighted by molar-refractivity contribution is -0.128. The lowest BCUT2D eigenvalue weighted by Gasteiger charge is -2.21. The molecule has 1 saturated carbocycles. The summed E-state index contributed by atoms with van der Waals surface area (Å²) in [7, 11) is 0. The van der Waals surface area contributed by atoms with Crippen LogP contribution in [0, 0.1) is 11.3 Å². The minimum absolute atomic E-state index is 0.00589. The Kier molecular flexibility index (Phi) is 4.04. The van der Waals surface area contributed by atoms with Gasteiger partial charge in [-0.2, -0.15) is 0 Å². The number of nitrogens with one attached hydrogen (secondary N) is 2. The Bertz CT molecular complexity index is 629. The van der Waals surface area contributed by atoms with Crippen molar-refractivity contribution in [1.82, 2.24) is 15.5 Å². The van der Waals surface area contributed by atoms with Crippen LogP contribution < -0.4 is 10.6 Å². The van der Waals surface area contributed by atoms with Crippen LogP contribution in [-0.4, -0.2) is 42.4 Å². The van der Waals surface area contributed by atoms with Crippen molar-refractivity contribution >= 4 is 11.8 Å². The molecule has 3 aliphatic rings. The van der Waals surface area contributed by atoms with E-state index in [1.165, 1.54) is 18.4 Å². The summed E-state index contributed by atoms with van der Waals surface area (Å²) in [6.45, 7) is 3.30. The molecule has 1 aliphatic carbocycles. The highest BCUT2D eigenvalue weighted by Gasteiger charge is 2.52. The van der Waals surface area contributed by atoms with Crippen LogP contribution in [0.1, 0.15) is 31.2 Å². The average molecular weight is 327 g/mol. The van der Waals surface area contributed by atoms with Crippen molar-refractivity contribution in [2.24, 2.45) is 11.3 Å². The van der Waals surface area contributed by atoms with E-state index in [-0.39, 0.29) is 23.3 Å². The number of hydrogen-bond acceptors (Lipinski definition) is 3. The van der Waals surface area contributed by atoms with Crippen LogP contribution in [0.4, 0.5) is 0 Å². The summed E-state index contributed by atoms with van der Waals surface area (Å²) in [6.07, 6.45) is 3.91. The molecule has 2 saturated heterocycles. The maximum atomic E-state index is 12.5. The van der Waals surface area contributed by atoms with Crippen molar-refractivity contribution in [1.29, 1.82) is 0 Å². The van der Waals surface area contributed by atoms with Gasteiger partial charge in [0, 0.05) is 19.6 Å². The number of benzene rings is 1. The molecule has 1 spiro atoms. The van der Waals surface area contributed by atoms with Crippen LogP contribution in [0.5, 0.6) is 0 Å². The first-order valence-electron chi connectivity index (χ1n) is 9.00. The van der Waals surface area contributed by atoms with Crippen LogP contribution in [0.15, 0.2) is 30.3 Å². The predicted octanol–water partition coefficient (Wildman–Crippen LogP) is 1.29. The summed E-state index contributed by atoms with van der Waals surface area (Å²) in [6, 6.07) is 9.99. The third-order valence-electron chi connectivity index (χ3n) is 5.64. The molecule has 5 heteroatoms. The second-order valence-electron chi connectivity index (χ2n) is 7.65. The summed E-state index contributed by atoms with van der Waals surface area (Å²) >= 11 is 0. The van der Waals surface area contributed by atoms with Gasteiger partial charge in [0.25, 0.3) is 0 Å². The molecule has 0 aromatic heterocycles. The second-order valence-corrected chi connectivity index (χ2v) is 7.65. The van der Waals surface area contributed by atoms with Gasteiger partial charge in [-0.3, -0.25) is 14.5 Å². The Morgan fingerprint density at radius 1 is 1.29 bits per heavy atom. The standard InChI is InChI=1S/C19H25N3O2/c23-17(20-11-14-6-7-14)16-10-19(18(24)21-16)8-9-22(13-19)12-15-4-2-1-3-5-15/h1-5,14,16H,6-13H2,(H,20,23)(H,21,24)/t16-,19+/m0/s1. The summed E-state index contributed by atoms with van der Waals surface area (Å²) in [5.41, 5.74) is 0.891. The van der Waals surface area contributed by atoms with Gasteiger partial charge in [0.2, 0.25) is 11.8 Å². The fourth-order valence-electron chi connectivity index (χ4n) is 3.98. The topological polar surface area (TPSA) is 61.4 Å². The molecule has 2 atom stereocenters. The number of rotatable bonds is 5. The largest absolute Gasteiger partial charge is 0.354 e. The van der Waals surface area contributed by atoms with Crippen LogP contribution in [0.25, 0.3) is 0 Å². The van der Waals surface area contributed by atoms with Gasteiger partial charge in [-0.05, 0) is 43.7 Å². The van der Waals surface area contributed by atoms with Gasteiger partial charge in [0.05, 0.1) is 5.41 Å².